The van der Waals surface area contributed by atoms with Crippen molar-refractivity contribution in [2.75, 3.05) is 13.1 Å². The van der Waals surface area contributed by atoms with Gasteiger partial charge in [-0.1, -0.05) is 23.7 Å². The number of benzene rings is 1. The number of nitrogens with one attached hydrogen (secondary N) is 2. The lowest BCUT2D eigenvalue weighted by Gasteiger charge is -2.07. The molecule has 1 aromatic carbocycles. The van der Waals surface area contributed by atoms with Gasteiger partial charge in [-0.05, 0) is 31.2 Å². The third-order valence-electron chi connectivity index (χ3n) is 3.70. The van der Waals surface area contributed by atoms with Gasteiger partial charge in [0.2, 0.25) is 5.91 Å². The van der Waals surface area contributed by atoms with Crippen LogP contribution in [0.5, 0.6) is 0 Å². The molecule has 8 heteroatoms. The Bertz CT molecular complexity index is 951. The molecular weight excluding hydrogens is 386 g/mol. The molecule has 0 bridgehead atoms. The highest BCUT2D eigenvalue weighted by molar-refractivity contribution is 7.13. The molecule has 3 aromatic rings. The molecule has 0 unspecified atom stereocenters. The molecule has 0 radical (unpaired) electrons. The Morgan fingerprint density at radius 2 is 1.93 bits per heavy atom. The summed E-state index contributed by atoms with van der Waals surface area (Å²) in [5.41, 5.74) is 1.09. The van der Waals surface area contributed by atoms with Gasteiger partial charge in [0, 0.05) is 18.5 Å². The molecule has 0 aliphatic rings. The van der Waals surface area contributed by atoms with E-state index in [1.54, 1.807) is 24.3 Å². The number of hydrogen-bond acceptors (Lipinski definition) is 5. The lowest BCUT2D eigenvalue weighted by atomic mass is 10.2. The summed E-state index contributed by atoms with van der Waals surface area (Å²) in [7, 11) is 0. The monoisotopic (exact) mass is 403 g/mol. The molecule has 2 N–H and O–H groups in total. The first-order valence-electron chi connectivity index (χ1n) is 8.33. The zero-order valence-corrected chi connectivity index (χ0v) is 16.2. The van der Waals surface area contributed by atoms with Crippen LogP contribution in [0.2, 0.25) is 5.02 Å². The molecule has 0 saturated heterocycles. The van der Waals surface area contributed by atoms with Crippen molar-refractivity contribution in [3.05, 3.63) is 63.8 Å². The Morgan fingerprint density at radius 1 is 1.15 bits per heavy atom. The minimum absolute atomic E-state index is 0.158. The van der Waals surface area contributed by atoms with Gasteiger partial charge in [-0.15, -0.1) is 11.3 Å². The fourth-order valence-corrected chi connectivity index (χ4v) is 3.40. The average molecular weight is 404 g/mol. The van der Waals surface area contributed by atoms with E-state index in [1.165, 1.54) is 11.3 Å². The van der Waals surface area contributed by atoms with Gasteiger partial charge in [-0.3, -0.25) is 9.59 Å². The van der Waals surface area contributed by atoms with Crippen LogP contribution in [0.25, 0.3) is 10.8 Å². The largest absolute Gasteiger partial charge is 0.459 e. The molecule has 2 amide bonds. The molecule has 0 atom stereocenters. The van der Waals surface area contributed by atoms with Gasteiger partial charge >= 0.3 is 0 Å². The number of aromatic nitrogens is 1. The van der Waals surface area contributed by atoms with Gasteiger partial charge in [0.05, 0.1) is 22.7 Å². The normalized spacial score (nSPS) is 10.6. The lowest BCUT2D eigenvalue weighted by molar-refractivity contribution is -0.120. The maximum absolute atomic E-state index is 12.0. The molecule has 0 aliphatic heterocycles. The first-order chi connectivity index (χ1) is 13.0. The Balaban J connectivity index is 1.42. The number of thiazole rings is 1. The Kier molecular flexibility index (Phi) is 6.26. The predicted molar refractivity (Wildman–Crippen MR) is 105 cm³/mol. The van der Waals surface area contributed by atoms with Gasteiger partial charge < -0.3 is 15.1 Å². The van der Waals surface area contributed by atoms with Crippen molar-refractivity contribution in [1.29, 1.82) is 0 Å². The van der Waals surface area contributed by atoms with E-state index in [2.05, 4.69) is 15.6 Å². The average Bonchev–Trinajstić information content (AvgIpc) is 3.28. The molecule has 27 heavy (non-hydrogen) atoms. The number of furan rings is 1. The molecule has 2 heterocycles. The fourth-order valence-electron chi connectivity index (χ4n) is 2.40. The minimum atomic E-state index is -0.271. The van der Waals surface area contributed by atoms with Crippen LogP contribution in [-0.2, 0) is 11.2 Å². The molecule has 0 aliphatic carbocycles. The van der Waals surface area contributed by atoms with E-state index in [0.29, 0.717) is 35.1 Å². The van der Waals surface area contributed by atoms with E-state index in [0.717, 1.165) is 10.8 Å². The summed E-state index contributed by atoms with van der Waals surface area (Å²) in [4.78, 5) is 28.5. The number of hydrogen-bond donors (Lipinski definition) is 2. The van der Waals surface area contributed by atoms with Gasteiger partial charge in [-0.25, -0.2) is 4.98 Å². The van der Waals surface area contributed by atoms with Crippen molar-refractivity contribution in [2.45, 2.75) is 13.3 Å². The molecular formula is C19H18ClN3O3S. The number of aryl methyl sites for hydroxylation is 1. The maximum Gasteiger partial charge on any atom is 0.252 e. The summed E-state index contributed by atoms with van der Waals surface area (Å²) in [6, 6.07) is 10.5. The zero-order chi connectivity index (χ0) is 19.2. The highest BCUT2D eigenvalue weighted by Gasteiger charge is 2.12. The van der Waals surface area contributed by atoms with E-state index < -0.39 is 0 Å². The molecule has 6 nitrogen and oxygen atoms in total. The number of halogens is 1. The number of rotatable bonds is 7. The second-order valence-corrected chi connectivity index (χ2v) is 7.08. The van der Waals surface area contributed by atoms with Crippen LogP contribution in [0.3, 0.4) is 0 Å². The molecule has 0 spiro atoms. The second kappa shape index (κ2) is 8.83. The molecule has 0 fully saturated rings. The summed E-state index contributed by atoms with van der Waals surface area (Å²) < 4.78 is 5.53. The van der Waals surface area contributed by atoms with E-state index in [4.69, 9.17) is 16.0 Å². The maximum atomic E-state index is 12.0. The van der Waals surface area contributed by atoms with Crippen molar-refractivity contribution >= 4 is 34.8 Å². The summed E-state index contributed by atoms with van der Waals surface area (Å²) in [5.74, 6) is 1.09. The summed E-state index contributed by atoms with van der Waals surface area (Å²) in [6.45, 7) is 2.50. The Labute approximate surface area is 165 Å². The molecule has 3 rings (SSSR count). The van der Waals surface area contributed by atoms with Crippen LogP contribution in [0.15, 0.2) is 46.2 Å². The number of amides is 2. The first-order valence-corrected chi connectivity index (χ1v) is 9.59. The van der Waals surface area contributed by atoms with Gasteiger partial charge in [0.25, 0.3) is 5.91 Å². The summed E-state index contributed by atoms with van der Waals surface area (Å²) in [5, 5.41) is 8.46. The smallest absolute Gasteiger partial charge is 0.252 e. The van der Waals surface area contributed by atoms with E-state index >= 15 is 0 Å². The summed E-state index contributed by atoms with van der Waals surface area (Å²) >= 11 is 7.41. The topological polar surface area (TPSA) is 84.2 Å². The Morgan fingerprint density at radius 3 is 2.67 bits per heavy atom. The van der Waals surface area contributed by atoms with Crippen molar-refractivity contribution < 1.29 is 14.0 Å². The number of carbonyl (C=O) groups excluding carboxylic acids is 2. The van der Waals surface area contributed by atoms with Crippen molar-refractivity contribution in [2.24, 2.45) is 0 Å². The highest BCUT2D eigenvalue weighted by atomic mass is 35.5. The van der Waals surface area contributed by atoms with Crippen molar-refractivity contribution in [3.63, 3.8) is 0 Å². The van der Waals surface area contributed by atoms with Gasteiger partial charge in [-0.2, -0.15) is 0 Å². The fraction of sp³-hybridized carbons (Fsp3) is 0.211. The van der Waals surface area contributed by atoms with E-state index in [-0.39, 0.29) is 18.2 Å². The van der Waals surface area contributed by atoms with Gasteiger partial charge in [0.1, 0.15) is 5.76 Å². The van der Waals surface area contributed by atoms with Crippen LogP contribution < -0.4 is 10.6 Å². The minimum Gasteiger partial charge on any atom is -0.459 e. The van der Waals surface area contributed by atoms with Crippen LogP contribution in [-0.4, -0.2) is 29.9 Å². The van der Waals surface area contributed by atoms with Crippen LogP contribution in [0, 0.1) is 6.92 Å². The zero-order valence-electron chi connectivity index (χ0n) is 14.6. The van der Waals surface area contributed by atoms with E-state index in [1.807, 2.05) is 24.4 Å². The van der Waals surface area contributed by atoms with Crippen LogP contribution in [0.1, 0.15) is 21.8 Å². The predicted octanol–water partition coefficient (Wildman–Crippen LogP) is 3.45. The number of carbonyl (C=O) groups is 2. The van der Waals surface area contributed by atoms with E-state index in [9.17, 15) is 9.59 Å². The third kappa shape index (κ3) is 5.18. The van der Waals surface area contributed by atoms with Crippen LogP contribution in [0.4, 0.5) is 0 Å². The first kappa shape index (κ1) is 19.1. The molecule has 2 aromatic heterocycles. The van der Waals surface area contributed by atoms with Crippen LogP contribution >= 0.6 is 22.9 Å². The second-order valence-electron chi connectivity index (χ2n) is 5.82. The highest BCUT2D eigenvalue weighted by Crippen LogP contribution is 2.25. The number of nitrogens with zero attached hydrogens (tertiary/aromatic N) is 1. The quantitative estimate of drug-likeness (QED) is 0.592. The SMILES string of the molecule is Cc1ccc(-c2nc(CC(=O)NCCNC(=O)c3ccccc3Cl)cs2)o1. The molecule has 140 valence electrons. The van der Waals surface area contributed by atoms with Crippen molar-refractivity contribution in [3.8, 4) is 10.8 Å². The van der Waals surface area contributed by atoms with Crippen molar-refractivity contribution in [1.82, 2.24) is 15.6 Å². The molecule has 0 saturated carbocycles. The lowest BCUT2D eigenvalue weighted by Crippen LogP contribution is -2.35. The standard InChI is InChI=1S/C19H18ClN3O3S/c1-12-6-7-16(26-12)19-23-13(11-27-19)10-17(24)21-8-9-22-18(25)14-4-2-3-5-15(14)20/h2-7,11H,8-10H2,1H3,(H,21,24)(H,22,25). The van der Waals surface area contributed by atoms with Gasteiger partial charge in [0.15, 0.2) is 10.8 Å². The third-order valence-corrected chi connectivity index (χ3v) is 4.93. The Hall–Kier alpha value is -2.64. The summed E-state index contributed by atoms with van der Waals surface area (Å²) in [6.07, 6.45) is 0.175.